The van der Waals surface area contributed by atoms with E-state index in [1.54, 1.807) is 6.08 Å². The quantitative estimate of drug-likeness (QED) is 0.547. The SMILES string of the molecule is Cc1c(Br)cccc1NC(=O)[C@H]1CC[C@H]2[C@@H]3CC[C@H]4N(C)C(=O)C=C[C@]4(C)[C@H]3CC[C@]12C. The molecule has 0 spiro atoms. The Balaban J connectivity index is 1.38. The molecule has 1 N–H and O–H groups in total. The molecule has 0 aromatic heterocycles. The second-order valence-electron chi connectivity index (χ2n) is 11.2. The number of benzene rings is 1. The number of anilines is 1. The summed E-state index contributed by atoms with van der Waals surface area (Å²) < 4.78 is 1.03. The van der Waals surface area contributed by atoms with Crippen molar-refractivity contribution in [2.75, 3.05) is 12.4 Å². The van der Waals surface area contributed by atoms with Crippen molar-refractivity contribution in [1.82, 2.24) is 4.90 Å². The number of fused-ring (bicyclic) bond motifs is 5. The minimum absolute atomic E-state index is 0.0562. The topological polar surface area (TPSA) is 49.4 Å². The van der Waals surface area contributed by atoms with Gasteiger partial charge in [0.1, 0.15) is 0 Å². The summed E-state index contributed by atoms with van der Waals surface area (Å²) in [5.74, 6) is 2.24. The first kappa shape index (κ1) is 22.2. The van der Waals surface area contributed by atoms with Crippen LogP contribution in [0.1, 0.15) is 57.9 Å². The van der Waals surface area contributed by atoms with E-state index in [2.05, 4.69) is 41.2 Å². The van der Waals surface area contributed by atoms with E-state index in [1.165, 1.54) is 6.42 Å². The van der Waals surface area contributed by atoms with Crippen molar-refractivity contribution in [3.05, 3.63) is 40.4 Å². The molecule has 1 heterocycles. The smallest absolute Gasteiger partial charge is 0.246 e. The number of rotatable bonds is 2. The third kappa shape index (κ3) is 3.13. The van der Waals surface area contributed by atoms with Crippen molar-refractivity contribution in [1.29, 1.82) is 0 Å². The molecule has 0 saturated heterocycles. The molecule has 2 amide bonds. The Bertz CT molecular complexity index is 990. The lowest BCUT2D eigenvalue weighted by Crippen LogP contribution is -2.59. The van der Waals surface area contributed by atoms with Crippen molar-refractivity contribution in [3.63, 3.8) is 0 Å². The number of hydrogen-bond donors (Lipinski definition) is 1. The summed E-state index contributed by atoms with van der Waals surface area (Å²) in [6.07, 6.45) is 10.7. The zero-order valence-electron chi connectivity index (χ0n) is 19.7. The van der Waals surface area contributed by atoms with Crippen LogP contribution in [0.15, 0.2) is 34.8 Å². The number of amides is 2. The Morgan fingerprint density at radius 3 is 2.69 bits per heavy atom. The predicted octanol–water partition coefficient (Wildman–Crippen LogP) is 5.95. The number of nitrogens with one attached hydrogen (secondary N) is 1. The van der Waals surface area contributed by atoms with Gasteiger partial charge >= 0.3 is 0 Å². The van der Waals surface area contributed by atoms with Gasteiger partial charge in [0, 0.05) is 34.6 Å². The predicted molar refractivity (Wildman–Crippen MR) is 131 cm³/mol. The summed E-state index contributed by atoms with van der Waals surface area (Å²) in [6, 6.07) is 6.31. The van der Waals surface area contributed by atoms with Gasteiger partial charge in [0.25, 0.3) is 0 Å². The highest BCUT2D eigenvalue weighted by Crippen LogP contribution is 2.65. The number of likely N-dealkylation sites (N-methyl/N-ethyl adjacent to an activating group) is 1. The molecule has 172 valence electrons. The van der Waals surface area contributed by atoms with Crippen LogP contribution in [0.3, 0.4) is 0 Å². The van der Waals surface area contributed by atoms with E-state index in [0.717, 1.165) is 47.8 Å². The average molecular weight is 499 g/mol. The van der Waals surface area contributed by atoms with Crippen molar-refractivity contribution in [3.8, 4) is 0 Å². The number of carbonyl (C=O) groups excluding carboxylic acids is 2. The summed E-state index contributed by atoms with van der Waals surface area (Å²) in [6.45, 7) is 6.81. The maximum Gasteiger partial charge on any atom is 0.246 e. The van der Waals surface area contributed by atoms with Crippen LogP contribution < -0.4 is 5.32 Å². The fourth-order valence-corrected chi connectivity index (χ4v) is 8.50. The van der Waals surface area contributed by atoms with Crippen molar-refractivity contribution in [2.24, 2.45) is 34.5 Å². The number of nitrogens with zero attached hydrogens (tertiary/aromatic N) is 1. The Hall–Kier alpha value is -1.62. The average Bonchev–Trinajstić information content (AvgIpc) is 3.12. The van der Waals surface area contributed by atoms with Gasteiger partial charge in [-0.1, -0.05) is 41.9 Å². The lowest BCUT2D eigenvalue weighted by molar-refractivity contribution is -0.141. The summed E-state index contributed by atoms with van der Waals surface area (Å²) in [5.41, 5.74) is 2.12. The minimum Gasteiger partial charge on any atom is -0.338 e. The lowest BCUT2D eigenvalue weighted by atomic mass is 9.47. The molecule has 0 bridgehead atoms. The van der Waals surface area contributed by atoms with E-state index in [9.17, 15) is 9.59 Å². The summed E-state index contributed by atoms with van der Waals surface area (Å²) in [7, 11) is 1.97. The Morgan fingerprint density at radius 2 is 1.91 bits per heavy atom. The first-order valence-corrected chi connectivity index (χ1v) is 13.0. The monoisotopic (exact) mass is 498 g/mol. The van der Waals surface area contributed by atoms with Crippen LogP contribution in [-0.2, 0) is 9.59 Å². The van der Waals surface area contributed by atoms with E-state index in [-0.39, 0.29) is 28.6 Å². The van der Waals surface area contributed by atoms with E-state index in [0.29, 0.717) is 23.8 Å². The van der Waals surface area contributed by atoms with Crippen LogP contribution in [0.2, 0.25) is 0 Å². The van der Waals surface area contributed by atoms with Crippen LogP contribution in [-0.4, -0.2) is 29.8 Å². The van der Waals surface area contributed by atoms with Gasteiger partial charge in [0.2, 0.25) is 11.8 Å². The van der Waals surface area contributed by atoms with E-state index in [4.69, 9.17) is 0 Å². The normalized spacial score (nSPS) is 40.5. The molecule has 3 fully saturated rings. The lowest BCUT2D eigenvalue weighted by Gasteiger charge is -2.60. The van der Waals surface area contributed by atoms with Gasteiger partial charge < -0.3 is 10.2 Å². The summed E-state index contributed by atoms with van der Waals surface area (Å²) >= 11 is 3.58. The molecule has 4 nitrogen and oxygen atoms in total. The number of halogens is 1. The van der Waals surface area contributed by atoms with Crippen molar-refractivity contribution < 1.29 is 9.59 Å². The Morgan fingerprint density at radius 1 is 1.12 bits per heavy atom. The molecular weight excluding hydrogens is 464 g/mol. The third-order valence-electron chi connectivity index (χ3n) is 9.97. The highest BCUT2D eigenvalue weighted by atomic mass is 79.9. The van der Waals surface area contributed by atoms with E-state index < -0.39 is 0 Å². The number of hydrogen-bond acceptors (Lipinski definition) is 2. The Kier molecular flexibility index (Phi) is 5.35. The van der Waals surface area contributed by atoms with Gasteiger partial charge in [-0.05, 0) is 92.4 Å². The van der Waals surface area contributed by atoms with Crippen molar-refractivity contribution in [2.45, 2.75) is 65.3 Å². The minimum atomic E-state index is 0.0562. The van der Waals surface area contributed by atoms with Gasteiger partial charge in [0.05, 0.1) is 0 Å². The first-order chi connectivity index (χ1) is 15.2. The van der Waals surface area contributed by atoms with Crippen LogP contribution in [0.5, 0.6) is 0 Å². The maximum absolute atomic E-state index is 13.5. The zero-order chi connectivity index (χ0) is 22.8. The second-order valence-corrected chi connectivity index (χ2v) is 12.0. The summed E-state index contributed by atoms with van der Waals surface area (Å²) in [4.78, 5) is 27.8. The summed E-state index contributed by atoms with van der Waals surface area (Å²) in [5, 5.41) is 3.26. The van der Waals surface area contributed by atoms with Gasteiger partial charge in [-0.3, -0.25) is 9.59 Å². The first-order valence-electron chi connectivity index (χ1n) is 12.2. The molecule has 1 aromatic rings. The Labute approximate surface area is 200 Å². The zero-order valence-corrected chi connectivity index (χ0v) is 21.2. The molecule has 1 aromatic carbocycles. The molecule has 0 radical (unpaired) electrons. The highest BCUT2D eigenvalue weighted by molar-refractivity contribution is 9.10. The van der Waals surface area contributed by atoms with Gasteiger partial charge in [-0.25, -0.2) is 0 Å². The third-order valence-corrected chi connectivity index (χ3v) is 10.8. The second kappa shape index (κ2) is 7.72. The molecule has 4 aliphatic rings. The highest BCUT2D eigenvalue weighted by Gasteiger charge is 2.61. The van der Waals surface area contributed by atoms with Crippen LogP contribution in [0.4, 0.5) is 5.69 Å². The van der Waals surface area contributed by atoms with Crippen molar-refractivity contribution >= 4 is 33.4 Å². The standard InChI is InChI=1S/C27H35BrN2O2/c1-16-21(28)6-5-7-22(16)29-25(32)20-10-9-18-17-8-11-23-27(3,15-13-24(31)30(23)4)19(17)12-14-26(18,20)2/h5-7,13,15,17-20,23H,8-12,14H2,1-4H3,(H,29,32)/t17-,18-,19-,20+,23+,26-,27+/m0/s1. The van der Waals surface area contributed by atoms with Gasteiger partial charge in [-0.15, -0.1) is 0 Å². The van der Waals surface area contributed by atoms with Gasteiger partial charge in [0.15, 0.2) is 0 Å². The molecule has 3 saturated carbocycles. The van der Waals surface area contributed by atoms with Crippen LogP contribution >= 0.6 is 15.9 Å². The van der Waals surface area contributed by atoms with Crippen LogP contribution in [0.25, 0.3) is 0 Å². The molecule has 7 atom stereocenters. The molecule has 5 heteroatoms. The molecule has 0 unspecified atom stereocenters. The number of carbonyl (C=O) groups is 2. The molecule has 5 rings (SSSR count). The molecule has 32 heavy (non-hydrogen) atoms. The molecule has 1 aliphatic heterocycles. The van der Waals surface area contributed by atoms with Crippen LogP contribution in [0, 0.1) is 41.4 Å². The molecule has 3 aliphatic carbocycles. The van der Waals surface area contributed by atoms with Gasteiger partial charge in [-0.2, -0.15) is 0 Å². The largest absolute Gasteiger partial charge is 0.338 e. The molecular formula is C27H35BrN2O2. The fourth-order valence-electron chi connectivity index (χ4n) is 8.13. The van der Waals surface area contributed by atoms with E-state index in [1.807, 2.05) is 37.1 Å². The maximum atomic E-state index is 13.5. The van der Waals surface area contributed by atoms with E-state index >= 15 is 0 Å². The fraction of sp³-hybridized carbons (Fsp3) is 0.630.